The summed E-state index contributed by atoms with van der Waals surface area (Å²) in [6.07, 6.45) is 1.00. The number of aryl methyl sites for hydroxylation is 1. The lowest BCUT2D eigenvalue weighted by atomic mass is 10.3. The second-order valence-electron chi connectivity index (χ2n) is 4.47. The first-order valence-electron chi connectivity index (χ1n) is 6.39. The van der Waals surface area contributed by atoms with Gasteiger partial charge < -0.3 is 15.5 Å². The summed E-state index contributed by atoms with van der Waals surface area (Å²) in [5.74, 6) is 0.00955. The predicted octanol–water partition coefficient (Wildman–Crippen LogP) is 1.32. The molecule has 8 heteroatoms. The highest BCUT2D eigenvalue weighted by atomic mass is 35.5. The molecule has 116 valence electrons. The lowest BCUT2D eigenvalue weighted by Gasteiger charge is -2.27. The van der Waals surface area contributed by atoms with Crippen LogP contribution in [0.1, 0.15) is 21.8 Å². The van der Waals surface area contributed by atoms with Gasteiger partial charge in [-0.25, -0.2) is 4.98 Å². The Hall–Kier alpha value is -0.400. The van der Waals surface area contributed by atoms with E-state index in [9.17, 15) is 4.79 Å². The summed E-state index contributed by atoms with van der Waals surface area (Å²) in [7, 11) is 0. The monoisotopic (exact) mass is 340 g/mol. The molecule has 2 rings (SSSR count). The van der Waals surface area contributed by atoms with Gasteiger partial charge in [-0.1, -0.05) is 0 Å². The summed E-state index contributed by atoms with van der Waals surface area (Å²) in [6.45, 7) is 8.04. The highest BCUT2D eigenvalue weighted by molar-refractivity contribution is 7.11. The highest BCUT2D eigenvalue weighted by Crippen LogP contribution is 2.11. The van der Waals surface area contributed by atoms with Gasteiger partial charge in [0.1, 0.15) is 4.88 Å². The van der Waals surface area contributed by atoms with Crippen LogP contribution in [0.2, 0.25) is 0 Å². The molecular formula is C12H22Cl2N4OS. The molecule has 0 aliphatic carbocycles. The number of aromatic nitrogens is 1. The molecule has 1 amide bonds. The maximum absolute atomic E-state index is 11.8. The van der Waals surface area contributed by atoms with Crippen LogP contribution in [0, 0.1) is 6.92 Å². The molecule has 1 aromatic rings. The third-order valence-electron chi connectivity index (χ3n) is 3.10. The molecule has 1 saturated heterocycles. The Morgan fingerprint density at radius 2 is 2.15 bits per heavy atom. The Morgan fingerprint density at radius 3 is 2.75 bits per heavy atom. The molecule has 1 aromatic heterocycles. The van der Waals surface area contributed by atoms with Crippen molar-refractivity contribution in [3.05, 3.63) is 16.1 Å². The molecule has 0 aromatic carbocycles. The van der Waals surface area contributed by atoms with Crippen LogP contribution in [0.25, 0.3) is 0 Å². The minimum Gasteiger partial charge on any atom is -0.351 e. The van der Waals surface area contributed by atoms with Gasteiger partial charge in [0.2, 0.25) is 0 Å². The maximum Gasteiger partial charge on any atom is 0.263 e. The van der Waals surface area contributed by atoms with E-state index in [1.807, 2.05) is 6.92 Å². The van der Waals surface area contributed by atoms with Gasteiger partial charge in [-0.05, 0) is 19.9 Å². The van der Waals surface area contributed by atoms with Gasteiger partial charge in [-0.2, -0.15) is 0 Å². The maximum atomic E-state index is 11.8. The zero-order valence-corrected chi connectivity index (χ0v) is 14.0. The van der Waals surface area contributed by atoms with Crippen LogP contribution >= 0.6 is 36.2 Å². The van der Waals surface area contributed by atoms with Crippen molar-refractivity contribution in [1.29, 1.82) is 0 Å². The molecule has 0 radical (unpaired) electrons. The first kappa shape index (κ1) is 19.6. The number of thiazole rings is 1. The Kier molecular flexibility index (Phi) is 10.1. The number of amides is 1. The van der Waals surface area contributed by atoms with Crippen LogP contribution in [0.5, 0.6) is 0 Å². The van der Waals surface area contributed by atoms with Gasteiger partial charge in [0.05, 0.1) is 11.2 Å². The summed E-state index contributed by atoms with van der Waals surface area (Å²) < 4.78 is 0. The lowest BCUT2D eigenvalue weighted by Crippen LogP contribution is -2.44. The first-order chi connectivity index (χ1) is 8.77. The number of carbonyl (C=O) groups is 1. The molecule has 2 N–H and O–H groups in total. The summed E-state index contributed by atoms with van der Waals surface area (Å²) in [4.78, 5) is 19.1. The van der Waals surface area contributed by atoms with Crippen LogP contribution in [0.3, 0.4) is 0 Å². The predicted molar refractivity (Wildman–Crippen MR) is 87.6 cm³/mol. The minimum atomic E-state index is 0. The van der Waals surface area contributed by atoms with Crippen molar-refractivity contribution >= 4 is 42.1 Å². The second-order valence-corrected chi connectivity index (χ2v) is 5.32. The van der Waals surface area contributed by atoms with Crippen molar-refractivity contribution < 1.29 is 4.79 Å². The van der Waals surface area contributed by atoms with E-state index in [1.165, 1.54) is 11.3 Å². The number of rotatable bonds is 5. The number of carbonyl (C=O) groups excluding carboxylic acids is 1. The van der Waals surface area contributed by atoms with Gasteiger partial charge in [-0.15, -0.1) is 36.2 Å². The van der Waals surface area contributed by atoms with Crippen LogP contribution in [0.15, 0.2) is 5.51 Å². The number of hydrogen-bond acceptors (Lipinski definition) is 5. The van der Waals surface area contributed by atoms with Crippen molar-refractivity contribution in [3.63, 3.8) is 0 Å². The third kappa shape index (κ3) is 5.93. The largest absolute Gasteiger partial charge is 0.351 e. The third-order valence-corrected chi connectivity index (χ3v) is 4.03. The summed E-state index contributed by atoms with van der Waals surface area (Å²) >= 11 is 1.40. The molecule has 5 nitrogen and oxygen atoms in total. The van der Waals surface area contributed by atoms with Gasteiger partial charge in [0.15, 0.2) is 0 Å². The number of piperazine rings is 1. The van der Waals surface area contributed by atoms with Crippen molar-refractivity contribution in [2.75, 3.05) is 39.3 Å². The van der Waals surface area contributed by atoms with E-state index in [4.69, 9.17) is 0 Å². The van der Waals surface area contributed by atoms with Crippen molar-refractivity contribution in [1.82, 2.24) is 20.5 Å². The fraction of sp³-hybridized carbons (Fsp3) is 0.667. The van der Waals surface area contributed by atoms with Gasteiger partial charge >= 0.3 is 0 Å². The Morgan fingerprint density at radius 1 is 1.45 bits per heavy atom. The molecular weight excluding hydrogens is 319 g/mol. The van der Waals surface area contributed by atoms with Crippen molar-refractivity contribution in [2.45, 2.75) is 13.3 Å². The number of halogens is 2. The Bertz CT molecular complexity index is 397. The smallest absolute Gasteiger partial charge is 0.263 e. The quantitative estimate of drug-likeness (QED) is 0.793. The van der Waals surface area contributed by atoms with Gasteiger partial charge in [0.25, 0.3) is 5.91 Å². The molecule has 0 spiro atoms. The van der Waals surface area contributed by atoms with E-state index in [-0.39, 0.29) is 30.7 Å². The van der Waals surface area contributed by atoms with Gasteiger partial charge in [0, 0.05) is 32.7 Å². The van der Waals surface area contributed by atoms with E-state index < -0.39 is 0 Å². The minimum absolute atomic E-state index is 0. The standard InChI is InChI=1S/C12H20N4OS.2ClH/c1-10-11(18-9-15-10)12(17)14-3-2-6-16-7-4-13-5-8-16;;/h9,13H,2-8H2,1H3,(H,14,17);2*1H. The van der Waals surface area contributed by atoms with E-state index in [1.54, 1.807) is 5.51 Å². The Labute approximate surface area is 136 Å². The highest BCUT2D eigenvalue weighted by Gasteiger charge is 2.12. The molecule has 0 bridgehead atoms. The average Bonchev–Trinajstić information content (AvgIpc) is 2.82. The molecule has 2 heterocycles. The molecule has 1 aliphatic heterocycles. The zero-order chi connectivity index (χ0) is 12.8. The number of hydrogen-bond donors (Lipinski definition) is 2. The first-order valence-corrected chi connectivity index (χ1v) is 7.26. The number of nitrogens with zero attached hydrogens (tertiary/aromatic N) is 2. The molecule has 1 aliphatic rings. The van der Waals surface area contributed by atoms with Crippen molar-refractivity contribution in [3.8, 4) is 0 Å². The molecule has 0 saturated carbocycles. The fourth-order valence-corrected chi connectivity index (χ4v) is 2.76. The van der Waals surface area contributed by atoms with Gasteiger partial charge in [-0.3, -0.25) is 4.79 Å². The van der Waals surface area contributed by atoms with E-state index >= 15 is 0 Å². The Balaban J connectivity index is 0.00000180. The second kappa shape index (κ2) is 10.3. The lowest BCUT2D eigenvalue weighted by molar-refractivity contribution is 0.0954. The normalized spacial score (nSPS) is 15.1. The van der Waals surface area contributed by atoms with E-state index in [2.05, 4.69) is 20.5 Å². The van der Waals surface area contributed by atoms with Crippen molar-refractivity contribution in [2.24, 2.45) is 0 Å². The summed E-state index contributed by atoms with van der Waals surface area (Å²) in [5.41, 5.74) is 2.53. The summed E-state index contributed by atoms with van der Waals surface area (Å²) in [5, 5.41) is 6.29. The van der Waals surface area contributed by atoms with Crippen LogP contribution in [-0.4, -0.2) is 55.1 Å². The van der Waals surface area contributed by atoms with E-state index in [0.717, 1.165) is 56.3 Å². The SMILES string of the molecule is Cc1ncsc1C(=O)NCCCN1CCNCC1.Cl.Cl. The van der Waals surface area contributed by atoms with Crippen LogP contribution < -0.4 is 10.6 Å². The van der Waals surface area contributed by atoms with E-state index in [0.29, 0.717) is 0 Å². The topological polar surface area (TPSA) is 57.3 Å². The number of nitrogens with one attached hydrogen (secondary N) is 2. The van der Waals surface area contributed by atoms with Crippen LogP contribution in [-0.2, 0) is 0 Å². The fourth-order valence-electron chi connectivity index (χ4n) is 2.04. The molecule has 1 fully saturated rings. The average molecular weight is 341 g/mol. The molecule has 0 unspecified atom stereocenters. The molecule has 0 atom stereocenters. The zero-order valence-electron chi connectivity index (χ0n) is 11.6. The van der Waals surface area contributed by atoms with Crippen LogP contribution in [0.4, 0.5) is 0 Å². The molecule has 20 heavy (non-hydrogen) atoms. The summed E-state index contributed by atoms with van der Waals surface area (Å²) in [6, 6.07) is 0.